The van der Waals surface area contributed by atoms with E-state index in [1.807, 2.05) is 0 Å². The van der Waals surface area contributed by atoms with Crippen molar-refractivity contribution in [2.75, 3.05) is 5.75 Å². The Labute approximate surface area is 56.2 Å². The van der Waals surface area contributed by atoms with Crippen LogP contribution in [0.25, 0.3) is 0 Å². The molecule has 5 heteroatoms. The van der Waals surface area contributed by atoms with E-state index in [0.29, 0.717) is 5.75 Å². The molecule has 1 saturated heterocycles. The van der Waals surface area contributed by atoms with Gasteiger partial charge in [-0.05, 0) is 0 Å². The second-order valence-corrected chi connectivity index (χ2v) is 2.69. The fourth-order valence-corrected chi connectivity index (χ4v) is 1.13. The molecule has 1 unspecified atom stereocenters. The van der Waals surface area contributed by atoms with E-state index in [-0.39, 0.29) is 11.1 Å². The monoisotopic (exact) mass is 146 g/mol. The van der Waals surface area contributed by atoms with E-state index in [9.17, 15) is 9.59 Å². The molecule has 0 aliphatic carbocycles. The molecule has 1 heterocycles. The van der Waals surface area contributed by atoms with Crippen molar-refractivity contribution in [3.05, 3.63) is 0 Å². The molecule has 1 aliphatic heterocycles. The molecule has 0 spiro atoms. The van der Waals surface area contributed by atoms with Gasteiger partial charge in [-0.2, -0.15) is 0 Å². The molecule has 0 aromatic carbocycles. The first-order valence-electron chi connectivity index (χ1n) is 2.43. The highest BCUT2D eigenvalue weighted by Crippen LogP contribution is 2.07. The first-order chi connectivity index (χ1) is 4.20. The second kappa shape index (κ2) is 2.36. The molecular formula is C4H6N2O2S. The molecule has 1 aliphatic rings. The van der Waals surface area contributed by atoms with E-state index in [1.54, 1.807) is 0 Å². The van der Waals surface area contributed by atoms with E-state index >= 15 is 0 Å². The number of hydrogen-bond donors (Lipinski definition) is 2. The fraction of sp³-hybridized carbons (Fsp3) is 0.500. The summed E-state index contributed by atoms with van der Waals surface area (Å²) in [5, 5.41) is 1.79. The molecule has 1 atom stereocenters. The zero-order valence-corrected chi connectivity index (χ0v) is 5.40. The number of carbonyl (C=O) groups excluding carboxylic acids is 2. The quantitative estimate of drug-likeness (QED) is 0.474. The Morgan fingerprint density at radius 3 is 2.78 bits per heavy atom. The normalized spacial score (nSPS) is 27.9. The molecule has 0 aromatic heterocycles. The molecule has 3 N–H and O–H groups in total. The lowest BCUT2D eigenvalue weighted by atomic mass is 10.3. The van der Waals surface area contributed by atoms with Gasteiger partial charge in [0.15, 0.2) is 0 Å². The summed E-state index contributed by atoms with van der Waals surface area (Å²) in [5.41, 5.74) is 5.26. The van der Waals surface area contributed by atoms with Gasteiger partial charge in [0.25, 0.3) is 5.24 Å². The van der Waals surface area contributed by atoms with E-state index in [1.165, 1.54) is 0 Å². The Balaban J connectivity index is 2.54. The summed E-state index contributed by atoms with van der Waals surface area (Å²) in [7, 11) is 0. The van der Waals surface area contributed by atoms with E-state index < -0.39 is 6.04 Å². The maximum Gasteiger partial charge on any atom is 0.285 e. The highest BCUT2D eigenvalue weighted by Gasteiger charge is 2.22. The summed E-state index contributed by atoms with van der Waals surface area (Å²) in [5.74, 6) is 0.0174. The molecule has 0 radical (unpaired) electrons. The minimum atomic E-state index is -0.521. The SMILES string of the molecule is NC1CSC(=O)NC1=O. The van der Waals surface area contributed by atoms with Crippen LogP contribution >= 0.6 is 11.8 Å². The number of rotatable bonds is 0. The average molecular weight is 146 g/mol. The van der Waals surface area contributed by atoms with Crippen LogP contribution in [-0.2, 0) is 4.79 Å². The Kier molecular flexibility index (Phi) is 1.73. The molecule has 4 nitrogen and oxygen atoms in total. The van der Waals surface area contributed by atoms with Crippen molar-refractivity contribution >= 4 is 22.9 Å². The summed E-state index contributed by atoms with van der Waals surface area (Å²) in [6.45, 7) is 0. The van der Waals surface area contributed by atoms with Gasteiger partial charge in [0.05, 0.1) is 6.04 Å². The number of thioether (sulfide) groups is 1. The van der Waals surface area contributed by atoms with Gasteiger partial charge in [-0.25, -0.2) is 0 Å². The average Bonchev–Trinajstić information content (AvgIpc) is 1.80. The van der Waals surface area contributed by atoms with Gasteiger partial charge in [0, 0.05) is 5.75 Å². The predicted molar refractivity (Wildman–Crippen MR) is 34.0 cm³/mol. The van der Waals surface area contributed by atoms with Crippen molar-refractivity contribution in [3.8, 4) is 0 Å². The highest BCUT2D eigenvalue weighted by molar-refractivity contribution is 8.13. The summed E-state index contributed by atoms with van der Waals surface area (Å²) < 4.78 is 0. The first kappa shape index (κ1) is 6.57. The van der Waals surface area contributed by atoms with Crippen LogP contribution in [0.4, 0.5) is 4.79 Å². The minimum absolute atomic E-state index is 0.304. The lowest BCUT2D eigenvalue weighted by molar-refractivity contribution is -0.120. The molecule has 2 amide bonds. The van der Waals surface area contributed by atoms with Crippen LogP contribution in [0, 0.1) is 0 Å². The largest absolute Gasteiger partial charge is 0.319 e. The standard InChI is InChI=1S/C4H6N2O2S/c5-2-1-9-4(8)6-3(2)7/h2H,1,5H2,(H,6,7,8). The zero-order chi connectivity index (χ0) is 6.85. The van der Waals surface area contributed by atoms with E-state index in [0.717, 1.165) is 11.8 Å². The molecule has 0 aromatic rings. The maximum atomic E-state index is 10.5. The number of amides is 2. The highest BCUT2D eigenvalue weighted by atomic mass is 32.2. The predicted octanol–water partition coefficient (Wildman–Crippen LogP) is -0.703. The summed E-state index contributed by atoms with van der Waals surface area (Å²) in [4.78, 5) is 20.9. The van der Waals surface area contributed by atoms with Crippen molar-refractivity contribution in [2.24, 2.45) is 5.73 Å². The van der Waals surface area contributed by atoms with Gasteiger partial charge in [-0.15, -0.1) is 0 Å². The first-order valence-corrected chi connectivity index (χ1v) is 3.42. The number of imide groups is 1. The van der Waals surface area contributed by atoms with E-state index in [4.69, 9.17) is 5.73 Å². The third-order valence-corrected chi connectivity index (χ3v) is 1.85. The fourth-order valence-electron chi connectivity index (χ4n) is 0.471. The molecule has 0 bridgehead atoms. The maximum absolute atomic E-state index is 10.5. The van der Waals surface area contributed by atoms with E-state index in [2.05, 4.69) is 5.32 Å². The summed E-state index contributed by atoms with van der Waals surface area (Å²) >= 11 is 1.03. The Hall–Kier alpha value is -0.550. The molecule has 1 rings (SSSR count). The van der Waals surface area contributed by atoms with Crippen molar-refractivity contribution in [1.82, 2.24) is 5.32 Å². The third kappa shape index (κ3) is 1.43. The number of nitrogens with two attached hydrogens (primary N) is 1. The van der Waals surface area contributed by atoms with Gasteiger partial charge in [0.2, 0.25) is 5.91 Å². The lowest BCUT2D eigenvalue weighted by Crippen LogP contribution is -2.48. The van der Waals surface area contributed by atoms with Gasteiger partial charge < -0.3 is 5.73 Å². The number of nitrogens with one attached hydrogen (secondary N) is 1. The lowest BCUT2D eigenvalue weighted by Gasteiger charge is -2.14. The van der Waals surface area contributed by atoms with Gasteiger partial charge in [-0.1, -0.05) is 11.8 Å². The van der Waals surface area contributed by atoms with Crippen LogP contribution in [-0.4, -0.2) is 22.9 Å². The Morgan fingerprint density at radius 1 is 1.67 bits per heavy atom. The van der Waals surface area contributed by atoms with Crippen LogP contribution in [0.1, 0.15) is 0 Å². The van der Waals surface area contributed by atoms with Crippen molar-refractivity contribution in [1.29, 1.82) is 0 Å². The van der Waals surface area contributed by atoms with Crippen molar-refractivity contribution in [3.63, 3.8) is 0 Å². The van der Waals surface area contributed by atoms with Crippen LogP contribution in [0.5, 0.6) is 0 Å². The van der Waals surface area contributed by atoms with Gasteiger partial charge in [-0.3, -0.25) is 14.9 Å². The number of hydrogen-bond acceptors (Lipinski definition) is 4. The van der Waals surface area contributed by atoms with Gasteiger partial charge in [0.1, 0.15) is 0 Å². The molecular weight excluding hydrogens is 140 g/mol. The van der Waals surface area contributed by atoms with Crippen LogP contribution < -0.4 is 11.1 Å². The summed E-state index contributed by atoms with van der Waals surface area (Å²) in [6.07, 6.45) is 0. The molecule has 0 saturated carbocycles. The van der Waals surface area contributed by atoms with Crippen LogP contribution in [0.15, 0.2) is 0 Å². The summed E-state index contributed by atoms with van der Waals surface area (Å²) in [6, 6.07) is -0.521. The topological polar surface area (TPSA) is 72.2 Å². The van der Waals surface area contributed by atoms with Crippen molar-refractivity contribution in [2.45, 2.75) is 6.04 Å². The molecule has 9 heavy (non-hydrogen) atoms. The van der Waals surface area contributed by atoms with Gasteiger partial charge >= 0.3 is 0 Å². The smallest absolute Gasteiger partial charge is 0.285 e. The second-order valence-electron chi connectivity index (χ2n) is 1.69. The third-order valence-electron chi connectivity index (χ3n) is 0.956. The Morgan fingerprint density at radius 2 is 2.33 bits per heavy atom. The minimum Gasteiger partial charge on any atom is -0.319 e. The van der Waals surface area contributed by atoms with Crippen LogP contribution in [0.3, 0.4) is 0 Å². The Bertz CT molecular complexity index is 159. The van der Waals surface area contributed by atoms with Crippen LogP contribution in [0.2, 0.25) is 0 Å². The van der Waals surface area contributed by atoms with Crippen molar-refractivity contribution < 1.29 is 9.59 Å². The molecule has 1 fully saturated rings. The number of carbonyl (C=O) groups is 2. The zero-order valence-electron chi connectivity index (χ0n) is 4.59. The molecule has 50 valence electrons.